The van der Waals surface area contributed by atoms with Crippen molar-refractivity contribution in [2.24, 2.45) is 5.92 Å². The summed E-state index contributed by atoms with van der Waals surface area (Å²) >= 11 is 6.01. The number of carbonyl (C=O) groups excluding carboxylic acids is 1. The average molecular weight is 263 g/mol. The summed E-state index contributed by atoms with van der Waals surface area (Å²) in [6, 6.07) is 6.92. The summed E-state index contributed by atoms with van der Waals surface area (Å²) in [5.41, 5.74) is 1.03. The Hall–Kier alpha value is -1.53. The third kappa shape index (κ3) is 3.02. The molecule has 0 bridgehead atoms. The van der Waals surface area contributed by atoms with E-state index in [0.29, 0.717) is 16.3 Å². The van der Waals surface area contributed by atoms with Gasteiger partial charge < -0.3 is 5.32 Å². The van der Waals surface area contributed by atoms with Crippen molar-refractivity contribution in [2.75, 3.05) is 5.32 Å². The van der Waals surface area contributed by atoms with Gasteiger partial charge in [-0.15, -0.1) is 0 Å². The van der Waals surface area contributed by atoms with E-state index < -0.39 is 0 Å². The Morgan fingerprint density at radius 2 is 2.06 bits per heavy atom. The minimum Gasteiger partial charge on any atom is -0.324 e. The number of hydrogen-bond acceptors (Lipinski definition) is 2. The SMILES string of the molecule is N#Cc1ccc(Cl)c(NC(=O)C2CCCCC2)c1. The van der Waals surface area contributed by atoms with Crippen molar-refractivity contribution in [2.45, 2.75) is 32.1 Å². The fourth-order valence-electron chi connectivity index (χ4n) is 2.29. The predicted octanol–water partition coefficient (Wildman–Crippen LogP) is 3.73. The Bertz CT molecular complexity index is 487. The molecule has 18 heavy (non-hydrogen) atoms. The van der Waals surface area contributed by atoms with Crippen molar-refractivity contribution in [3.63, 3.8) is 0 Å². The first-order valence-electron chi connectivity index (χ1n) is 6.21. The van der Waals surface area contributed by atoms with Crippen molar-refractivity contribution in [3.05, 3.63) is 28.8 Å². The number of benzene rings is 1. The quantitative estimate of drug-likeness (QED) is 0.883. The van der Waals surface area contributed by atoms with Crippen LogP contribution in [-0.4, -0.2) is 5.91 Å². The van der Waals surface area contributed by atoms with E-state index in [-0.39, 0.29) is 11.8 Å². The van der Waals surface area contributed by atoms with Gasteiger partial charge in [0, 0.05) is 5.92 Å². The lowest BCUT2D eigenvalue weighted by Crippen LogP contribution is -2.24. The van der Waals surface area contributed by atoms with Gasteiger partial charge in [0.05, 0.1) is 22.3 Å². The van der Waals surface area contributed by atoms with E-state index in [4.69, 9.17) is 16.9 Å². The van der Waals surface area contributed by atoms with Crippen molar-refractivity contribution in [3.8, 4) is 6.07 Å². The largest absolute Gasteiger partial charge is 0.324 e. The van der Waals surface area contributed by atoms with E-state index in [1.54, 1.807) is 18.2 Å². The summed E-state index contributed by atoms with van der Waals surface area (Å²) < 4.78 is 0. The Morgan fingerprint density at radius 1 is 1.33 bits per heavy atom. The van der Waals surface area contributed by atoms with Crippen LogP contribution in [0.1, 0.15) is 37.7 Å². The molecule has 1 aliphatic rings. The van der Waals surface area contributed by atoms with E-state index in [0.717, 1.165) is 25.7 Å². The van der Waals surface area contributed by atoms with E-state index in [1.807, 2.05) is 6.07 Å². The molecule has 1 aromatic rings. The van der Waals surface area contributed by atoms with Crippen LogP contribution >= 0.6 is 11.6 Å². The average Bonchev–Trinajstić information content (AvgIpc) is 2.42. The van der Waals surface area contributed by atoms with Crippen LogP contribution in [0.2, 0.25) is 5.02 Å². The summed E-state index contributed by atoms with van der Waals surface area (Å²) in [4.78, 5) is 12.1. The van der Waals surface area contributed by atoms with Gasteiger partial charge in [-0.05, 0) is 31.0 Å². The molecule has 0 radical (unpaired) electrons. The molecule has 4 heteroatoms. The minimum atomic E-state index is 0.0201. The molecule has 1 amide bonds. The number of nitrogens with zero attached hydrogens (tertiary/aromatic N) is 1. The molecular weight excluding hydrogens is 248 g/mol. The molecular formula is C14H15ClN2O. The van der Waals surface area contributed by atoms with Gasteiger partial charge in [-0.25, -0.2) is 0 Å². The van der Waals surface area contributed by atoms with Crippen LogP contribution in [0.4, 0.5) is 5.69 Å². The summed E-state index contributed by atoms with van der Waals surface area (Å²) in [6.45, 7) is 0. The maximum atomic E-state index is 12.1. The van der Waals surface area contributed by atoms with Gasteiger partial charge in [-0.2, -0.15) is 5.26 Å². The highest BCUT2D eigenvalue weighted by Crippen LogP contribution is 2.27. The lowest BCUT2D eigenvalue weighted by atomic mass is 9.88. The van der Waals surface area contributed by atoms with Crippen LogP contribution in [0.3, 0.4) is 0 Å². The number of nitriles is 1. The number of rotatable bonds is 2. The molecule has 0 heterocycles. The molecule has 0 aliphatic heterocycles. The van der Waals surface area contributed by atoms with E-state index >= 15 is 0 Å². The number of halogens is 1. The maximum Gasteiger partial charge on any atom is 0.227 e. The molecule has 0 saturated heterocycles. The Kier molecular flexibility index (Phi) is 4.22. The standard InChI is InChI=1S/C14H15ClN2O/c15-12-7-6-10(9-16)8-13(12)17-14(18)11-4-2-1-3-5-11/h6-8,11H,1-5H2,(H,17,18). The Balaban J connectivity index is 2.08. The van der Waals surface area contributed by atoms with Crippen LogP contribution in [0, 0.1) is 17.2 Å². The minimum absolute atomic E-state index is 0.0201. The van der Waals surface area contributed by atoms with E-state index in [9.17, 15) is 4.79 Å². The van der Waals surface area contributed by atoms with Crippen LogP contribution in [0.25, 0.3) is 0 Å². The van der Waals surface area contributed by atoms with Crippen molar-refractivity contribution in [1.82, 2.24) is 0 Å². The molecule has 3 nitrogen and oxygen atoms in total. The van der Waals surface area contributed by atoms with Crippen LogP contribution < -0.4 is 5.32 Å². The highest BCUT2D eigenvalue weighted by atomic mass is 35.5. The summed E-state index contributed by atoms with van der Waals surface area (Å²) in [7, 11) is 0. The number of carbonyl (C=O) groups is 1. The number of anilines is 1. The lowest BCUT2D eigenvalue weighted by molar-refractivity contribution is -0.120. The van der Waals surface area contributed by atoms with Crippen LogP contribution in [0.15, 0.2) is 18.2 Å². The van der Waals surface area contributed by atoms with Gasteiger partial charge in [-0.3, -0.25) is 4.79 Å². The maximum absolute atomic E-state index is 12.1. The Morgan fingerprint density at radius 3 is 2.72 bits per heavy atom. The number of nitrogens with one attached hydrogen (secondary N) is 1. The first-order chi connectivity index (χ1) is 8.70. The highest BCUT2D eigenvalue weighted by Gasteiger charge is 2.21. The summed E-state index contributed by atoms with van der Waals surface area (Å²) in [5, 5.41) is 12.1. The molecule has 1 fully saturated rings. The molecule has 94 valence electrons. The molecule has 0 aromatic heterocycles. The molecule has 0 spiro atoms. The second kappa shape index (κ2) is 5.88. The molecule has 0 unspecified atom stereocenters. The molecule has 2 rings (SSSR count). The zero-order chi connectivity index (χ0) is 13.0. The Labute approximate surface area is 112 Å². The van der Waals surface area contributed by atoms with Gasteiger partial charge >= 0.3 is 0 Å². The van der Waals surface area contributed by atoms with Gasteiger partial charge in [0.15, 0.2) is 0 Å². The van der Waals surface area contributed by atoms with Crippen molar-refractivity contribution < 1.29 is 4.79 Å². The highest BCUT2D eigenvalue weighted by molar-refractivity contribution is 6.33. The molecule has 1 N–H and O–H groups in total. The number of hydrogen-bond donors (Lipinski definition) is 1. The predicted molar refractivity (Wildman–Crippen MR) is 71.4 cm³/mol. The van der Waals surface area contributed by atoms with E-state index in [1.165, 1.54) is 6.42 Å². The summed E-state index contributed by atoms with van der Waals surface area (Å²) in [5.74, 6) is 0.104. The van der Waals surface area contributed by atoms with Crippen LogP contribution in [0.5, 0.6) is 0 Å². The molecule has 0 atom stereocenters. The molecule has 1 aromatic carbocycles. The van der Waals surface area contributed by atoms with E-state index in [2.05, 4.69) is 5.32 Å². The normalized spacial score (nSPS) is 16.0. The van der Waals surface area contributed by atoms with Gasteiger partial charge in [0.1, 0.15) is 0 Å². The fourth-order valence-corrected chi connectivity index (χ4v) is 2.45. The monoisotopic (exact) mass is 262 g/mol. The second-order valence-corrected chi connectivity index (χ2v) is 5.04. The van der Waals surface area contributed by atoms with Gasteiger partial charge in [0.2, 0.25) is 5.91 Å². The van der Waals surface area contributed by atoms with Crippen LogP contribution in [-0.2, 0) is 4.79 Å². The second-order valence-electron chi connectivity index (χ2n) is 4.63. The lowest BCUT2D eigenvalue weighted by Gasteiger charge is -2.21. The van der Waals surface area contributed by atoms with Gasteiger partial charge in [-0.1, -0.05) is 30.9 Å². The third-order valence-electron chi connectivity index (χ3n) is 3.33. The first-order valence-corrected chi connectivity index (χ1v) is 6.59. The zero-order valence-electron chi connectivity index (χ0n) is 10.1. The summed E-state index contributed by atoms with van der Waals surface area (Å²) in [6.07, 6.45) is 5.34. The topological polar surface area (TPSA) is 52.9 Å². The van der Waals surface area contributed by atoms with Gasteiger partial charge in [0.25, 0.3) is 0 Å². The molecule has 1 saturated carbocycles. The first kappa shape index (κ1) is 12.9. The third-order valence-corrected chi connectivity index (χ3v) is 3.66. The number of amides is 1. The smallest absolute Gasteiger partial charge is 0.227 e. The molecule has 1 aliphatic carbocycles. The van der Waals surface area contributed by atoms with Crippen molar-refractivity contribution in [1.29, 1.82) is 5.26 Å². The van der Waals surface area contributed by atoms with Crippen molar-refractivity contribution >= 4 is 23.2 Å². The fraction of sp³-hybridized carbons (Fsp3) is 0.429. The zero-order valence-corrected chi connectivity index (χ0v) is 10.8.